The molecule has 0 saturated heterocycles. The van der Waals surface area contributed by atoms with Crippen molar-refractivity contribution in [3.8, 4) is 5.75 Å². The van der Waals surface area contributed by atoms with Gasteiger partial charge in [-0.2, -0.15) is 0 Å². The summed E-state index contributed by atoms with van der Waals surface area (Å²) in [5.74, 6) is 0.840. The van der Waals surface area contributed by atoms with Gasteiger partial charge in [0.2, 0.25) is 0 Å². The molecule has 1 amide bonds. The number of hydrogen-bond acceptors (Lipinski definition) is 2. The second-order valence-electron chi connectivity index (χ2n) is 5.04. The number of hydrogen-bond donors (Lipinski definition) is 1. The summed E-state index contributed by atoms with van der Waals surface area (Å²) >= 11 is 0. The summed E-state index contributed by atoms with van der Waals surface area (Å²) in [6.45, 7) is 4.90. The van der Waals surface area contributed by atoms with E-state index >= 15 is 0 Å². The van der Waals surface area contributed by atoms with E-state index in [2.05, 4.69) is 0 Å². The van der Waals surface area contributed by atoms with Gasteiger partial charge in [0.05, 0.1) is 0 Å². The van der Waals surface area contributed by atoms with Crippen molar-refractivity contribution in [3.63, 3.8) is 0 Å². The van der Waals surface area contributed by atoms with E-state index in [1.54, 1.807) is 18.2 Å². The Morgan fingerprint density at radius 1 is 1.47 bits per heavy atom. The summed E-state index contributed by atoms with van der Waals surface area (Å²) in [5, 5.41) is 9.41. The molecular formula is C14H19NO2. The highest BCUT2D eigenvalue weighted by atomic mass is 16.3. The maximum absolute atomic E-state index is 12.3. The lowest BCUT2D eigenvalue weighted by Gasteiger charge is -2.27. The summed E-state index contributed by atoms with van der Waals surface area (Å²) in [4.78, 5) is 14.2. The van der Waals surface area contributed by atoms with Crippen LogP contribution >= 0.6 is 0 Å². The predicted molar refractivity (Wildman–Crippen MR) is 67.0 cm³/mol. The largest absolute Gasteiger partial charge is 0.508 e. The lowest BCUT2D eigenvalue weighted by Crippen LogP contribution is -2.38. The van der Waals surface area contributed by atoms with Crippen LogP contribution in [0.15, 0.2) is 24.3 Å². The fourth-order valence-corrected chi connectivity index (χ4v) is 1.91. The quantitative estimate of drug-likeness (QED) is 0.868. The predicted octanol–water partition coefficient (Wildman–Crippen LogP) is 2.65. The second kappa shape index (κ2) is 4.78. The Morgan fingerprint density at radius 3 is 2.71 bits per heavy atom. The Bertz CT molecular complexity index is 410. The summed E-state index contributed by atoms with van der Waals surface area (Å²) in [6.07, 6.45) is 2.47. The minimum absolute atomic E-state index is 0.0165. The average Bonchev–Trinajstić information content (AvgIpc) is 3.08. The number of phenolic OH excluding ortho intramolecular Hbond substituents is 1. The Kier molecular flexibility index (Phi) is 3.36. The Labute approximate surface area is 102 Å². The first-order valence-electron chi connectivity index (χ1n) is 6.18. The molecule has 17 heavy (non-hydrogen) atoms. The van der Waals surface area contributed by atoms with E-state index in [1.165, 1.54) is 18.9 Å². The fourth-order valence-electron chi connectivity index (χ4n) is 1.91. The SMILES string of the molecule is CC(C)N(CC1CC1)C(=O)c1cccc(O)c1. The third-order valence-electron chi connectivity index (χ3n) is 3.13. The van der Waals surface area contributed by atoms with Gasteiger partial charge >= 0.3 is 0 Å². The van der Waals surface area contributed by atoms with E-state index in [0.717, 1.165) is 6.54 Å². The third-order valence-corrected chi connectivity index (χ3v) is 3.13. The van der Waals surface area contributed by atoms with Gasteiger partial charge in [0.1, 0.15) is 5.75 Å². The first-order chi connectivity index (χ1) is 8.08. The topological polar surface area (TPSA) is 40.5 Å². The molecule has 3 heteroatoms. The van der Waals surface area contributed by atoms with Gasteiger partial charge in [-0.25, -0.2) is 0 Å². The molecule has 0 heterocycles. The van der Waals surface area contributed by atoms with E-state index in [0.29, 0.717) is 11.5 Å². The normalized spacial score (nSPS) is 15.0. The molecular weight excluding hydrogens is 214 g/mol. The molecule has 0 aliphatic heterocycles. The van der Waals surface area contributed by atoms with Crippen LogP contribution < -0.4 is 0 Å². The van der Waals surface area contributed by atoms with Gasteiger partial charge in [0.15, 0.2) is 0 Å². The van der Waals surface area contributed by atoms with Crippen molar-refractivity contribution in [3.05, 3.63) is 29.8 Å². The molecule has 1 aromatic carbocycles. The van der Waals surface area contributed by atoms with Crippen molar-refractivity contribution in [2.75, 3.05) is 6.54 Å². The van der Waals surface area contributed by atoms with Crippen molar-refractivity contribution in [2.24, 2.45) is 5.92 Å². The smallest absolute Gasteiger partial charge is 0.254 e. The molecule has 2 rings (SSSR count). The molecule has 1 saturated carbocycles. The molecule has 3 nitrogen and oxygen atoms in total. The number of benzene rings is 1. The van der Waals surface area contributed by atoms with E-state index in [1.807, 2.05) is 18.7 Å². The van der Waals surface area contributed by atoms with Gasteiger partial charge in [-0.15, -0.1) is 0 Å². The molecule has 1 aliphatic rings. The van der Waals surface area contributed by atoms with Gasteiger partial charge in [-0.05, 0) is 50.8 Å². The molecule has 1 fully saturated rings. The summed E-state index contributed by atoms with van der Waals surface area (Å²) in [7, 11) is 0. The maximum Gasteiger partial charge on any atom is 0.254 e. The second-order valence-corrected chi connectivity index (χ2v) is 5.04. The molecule has 1 N–H and O–H groups in total. The van der Waals surface area contributed by atoms with Gasteiger partial charge < -0.3 is 10.0 Å². The van der Waals surface area contributed by atoms with Crippen LogP contribution in [0.5, 0.6) is 5.75 Å². The number of carbonyl (C=O) groups excluding carboxylic acids is 1. The lowest BCUT2D eigenvalue weighted by molar-refractivity contribution is 0.0696. The van der Waals surface area contributed by atoms with Crippen LogP contribution in [-0.4, -0.2) is 28.5 Å². The van der Waals surface area contributed by atoms with Crippen molar-refractivity contribution in [2.45, 2.75) is 32.7 Å². The molecule has 92 valence electrons. The molecule has 0 bridgehead atoms. The lowest BCUT2D eigenvalue weighted by atomic mass is 10.1. The van der Waals surface area contributed by atoms with Crippen molar-refractivity contribution in [1.29, 1.82) is 0 Å². The molecule has 0 radical (unpaired) electrons. The summed E-state index contributed by atoms with van der Waals surface area (Å²) < 4.78 is 0. The minimum Gasteiger partial charge on any atom is -0.508 e. The van der Waals surface area contributed by atoms with Crippen LogP contribution in [0, 0.1) is 5.92 Å². The first-order valence-corrected chi connectivity index (χ1v) is 6.18. The zero-order valence-electron chi connectivity index (χ0n) is 10.4. The van der Waals surface area contributed by atoms with Crippen molar-refractivity contribution in [1.82, 2.24) is 4.90 Å². The van der Waals surface area contributed by atoms with E-state index < -0.39 is 0 Å². The first kappa shape index (κ1) is 12.0. The van der Waals surface area contributed by atoms with Crippen molar-refractivity contribution >= 4 is 5.91 Å². The number of amides is 1. The van der Waals surface area contributed by atoms with E-state index in [9.17, 15) is 9.90 Å². The van der Waals surface area contributed by atoms with Crippen molar-refractivity contribution < 1.29 is 9.90 Å². The van der Waals surface area contributed by atoms with E-state index in [4.69, 9.17) is 0 Å². The van der Waals surface area contributed by atoms with Crippen LogP contribution in [0.3, 0.4) is 0 Å². The van der Waals surface area contributed by atoms with Gasteiger partial charge in [0.25, 0.3) is 5.91 Å². The highest BCUT2D eigenvalue weighted by Gasteiger charge is 2.28. The number of nitrogens with zero attached hydrogens (tertiary/aromatic N) is 1. The van der Waals surface area contributed by atoms with Crippen LogP contribution in [0.25, 0.3) is 0 Å². The molecule has 1 aromatic rings. The van der Waals surface area contributed by atoms with Gasteiger partial charge in [-0.1, -0.05) is 6.07 Å². The van der Waals surface area contributed by atoms with Crippen LogP contribution in [0.4, 0.5) is 0 Å². The average molecular weight is 233 g/mol. The highest BCUT2D eigenvalue weighted by Crippen LogP contribution is 2.31. The zero-order chi connectivity index (χ0) is 12.4. The van der Waals surface area contributed by atoms with E-state index in [-0.39, 0.29) is 17.7 Å². The standard InChI is InChI=1S/C14H19NO2/c1-10(2)15(9-11-6-7-11)14(17)12-4-3-5-13(16)8-12/h3-5,8,10-11,16H,6-7,9H2,1-2H3. The summed E-state index contributed by atoms with van der Waals surface area (Å²) in [6, 6.07) is 6.77. The Hall–Kier alpha value is -1.51. The van der Waals surface area contributed by atoms with Crippen LogP contribution in [-0.2, 0) is 0 Å². The van der Waals surface area contributed by atoms with Gasteiger partial charge in [-0.3, -0.25) is 4.79 Å². The monoisotopic (exact) mass is 233 g/mol. The maximum atomic E-state index is 12.3. The number of aromatic hydroxyl groups is 1. The Balaban J connectivity index is 2.14. The Morgan fingerprint density at radius 2 is 2.18 bits per heavy atom. The fraction of sp³-hybridized carbons (Fsp3) is 0.500. The van der Waals surface area contributed by atoms with Crippen LogP contribution in [0.1, 0.15) is 37.0 Å². The molecule has 0 atom stereocenters. The van der Waals surface area contributed by atoms with Crippen LogP contribution in [0.2, 0.25) is 0 Å². The highest BCUT2D eigenvalue weighted by molar-refractivity contribution is 5.94. The zero-order valence-corrected chi connectivity index (χ0v) is 10.4. The minimum atomic E-state index is 0.0165. The summed E-state index contributed by atoms with van der Waals surface area (Å²) in [5.41, 5.74) is 0.569. The molecule has 0 spiro atoms. The molecule has 0 aromatic heterocycles. The van der Waals surface area contributed by atoms with Gasteiger partial charge in [0, 0.05) is 18.2 Å². The number of phenols is 1. The molecule has 1 aliphatic carbocycles. The third kappa shape index (κ3) is 2.99. The number of carbonyl (C=O) groups is 1. The number of rotatable bonds is 4. The molecule has 0 unspecified atom stereocenters.